The van der Waals surface area contributed by atoms with Crippen molar-refractivity contribution in [3.8, 4) is 0 Å². The average Bonchev–Trinajstić information content (AvgIpc) is 3.51. The minimum absolute atomic E-state index is 0.0290. The van der Waals surface area contributed by atoms with Crippen molar-refractivity contribution in [2.45, 2.75) is 69.1 Å². The van der Waals surface area contributed by atoms with Gasteiger partial charge in [0.25, 0.3) is 5.91 Å². The fraction of sp³-hybridized carbons (Fsp3) is 0.560. The van der Waals surface area contributed by atoms with Gasteiger partial charge in [0.05, 0.1) is 16.8 Å². The van der Waals surface area contributed by atoms with Crippen LogP contribution in [0.1, 0.15) is 51.4 Å². The molecule has 0 unspecified atom stereocenters. The highest BCUT2D eigenvalue weighted by Crippen LogP contribution is 2.46. The second-order valence-corrected chi connectivity index (χ2v) is 9.80. The van der Waals surface area contributed by atoms with Gasteiger partial charge in [0.15, 0.2) is 0 Å². The van der Waals surface area contributed by atoms with Crippen LogP contribution < -0.4 is 22.5 Å². The fourth-order valence-electron chi connectivity index (χ4n) is 5.23. The molecule has 10 heteroatoms. The molecule has 1 aromatic carbocycles. The van der Waals surface area contributed by atoms with E-state index in [2.05, 4.69) is 10.3 Å². The molecule has 7 N–H and O–H groups in total. The Morgan fingerprint density at radius 1 is 1.09 bits per heavy atom. The summed E-state index contributed by atoms with van der Waals surface area (Å²) >= 11 is 0. The topological polar surface area (TPSA) is 149 Å². The Balaban J connectivity index is 1.37. The lowest BCUT2D eigenvalue weighted by atomic mass is 9.86. The molecule has 4 rings (SSSR count). The highest BCUT2D eigenvalue weighted by Gasteiger charge is 2.57. The molecule has 35 heavy (non-hydrogen) atoms. The summed E-state index contributed by atoms with van der Waals surface area (Å²) in [4.78, 5) is 30.6. The zero-order valence-corrected chi connectivity index (χ0v) is 19.9. The Labute approximate surface area is 204 Å². The van der Waals surface area contributed by atoms with Crippen molar-refractivity contribution in [2.75, 3.05) is 13.1 Å². The van der Waals surface area contributed by atoms with E-state index in [1.165, 1.54) is 36.9 Å². The van der Waals surface area contributed by atoms with Crippen LogP contribution in [0.3, 0.4) is 0 Å². The van der Waals surface area contributed by atoms with Crippen molar-refractivity contribution < 1.29 is 18.7 Å². The van der Waals surface area contributed by atoms with Crippen molar-refractivity contribution in [1.82, 2.24) is 10.2 Å². The molecule has 0 radical (unpaired) electrons. The highest BCUT2D eigenvalue weighted by molar-refractivity contribution is 6.20. The first-order chi connectivity index (χ1) is 16.8. The molecule has 2 aliphatic carbocycles. The smallest absolute Gasteiger partial charge is 0.410 e. The fourth-order valence-corrected chi connectivity index (χ4v) is 5.23. The molecule has 190 valence electrons. The van der Waals surface area contributed by atoms with Gasteiger partial charge >= 0.3 is 6.09 Å². The number of rotatable bonds is 7. The molecule has 0 spiro atoms. The van der Waals surface area contributed by atoms with E-state index in [0.717, 1.165) is 44.9 Å². The number of carbonyl (C=O) groups excluding carboxylic acids is 2. The van der Waals surface area contributed by atoms with Crippen molar-refractivity contribution in [2.24, 2.45) is 28.1 Å². The van der Waals surface area contributed by atoms with Crippen LogP contribution >= 0.6 is 0 Å². The molecule has 9 nitrogen and oxygen atoms in total. The first-order valence-corrected chi connectivity index (χ1v) is 12.4. The lowest BCUT2D eigenvalue weighted by Gasteiger charge is -2.37. The molecule has 2 amide bonds. The SMILES string of the molecule is NC(=O)/C(=C/N[C@@]1(C2CCN(C(=O)OC3CCCCC3)CC2)C[C@H]1N)C(N)=Nc1ccc(F)cc1. The summed E-state index contributed by atoms with van der Waals surface area (Å²) in [6.45, 7) is 1.21. The van der Waals surface area contributed by atoms with E-state index in [4.69, 9.17) is 21.9 Å². The normalized spacial score (nSPS) is 26.3. The Hall–Kier alpha value is -3.14. The monoisotopic (exact) mass is 486 g/mol. The van der Waals surface area contributed by atoms with Gasteiger partial charge < -0.3 is 32.2 Å². The Kier molecular flexibility index (Phi) is 7.59. The summed E-state index contributed by atoms with van der Waals surface area (Å²) in [5, 5.41) is 3.31. The van der Waals surface area contributed by atoms with E-state index in [9.17, 15) is 14.0 Å². The number of aliphatic imine (C=N–C) groups is 1. The molecule has 1 aliphatic heterocycles. The third kappa shape index (κ3) is 5.93. The van der Waals surface area contributed by atoms with E-state index in [0.29, 0.717) is 18.8 Å². The number of hydrogen-bond donors (Lipinski definition) is 4. The second kappa shape index (κ2) is 10.6. The molecule has 1 aromatic rings. The number of carbonyl (C=O) groups is 2. The molecule has 3 aliphatic rings. The largest absolute Gasteiger partial charge is 0.446 e. The third-order valence-electron chi connectivity index (χ3n) is 7.46. The Bertz CT molecular complexity index is 983. The first kappa shape index (κ1) is 25.0. The summed E-state index contributed by atoms with van der Waals surface area (Å²) in [6, 6.07) is 5.34. The third-order valence-corrected chi connectivity index (χ3v) is 7.46. The number of likely N-dealkylation sites (tertiary alicyclic amines) is 1. The van der Waals surface area contributed by atoms with Gasteiger partial charge in [0.1, 0.15) is 17.8 Å². The van der Waals surface area contributed by atoms with Gasteiger partial charge in [0.2, 0.25) is 0 Å². The van der Waals surface area contributed by atoms with Crippen LogP contribution in [0.25, 0.3) is 0 Å². The van der Waals surface area contributed by atoms with Crippen molar-refractivity contribution >= 4 is 23.5 Å². The number of nitrogens with zero attached hydrogens (tertiary/aromatic N) is 2. The minimum Gasteiger partial charge on any atom is -0.446 e. The standard InChI is InChI=1S/C25H35FN6O3/c26-17-6-8-18(9-7-17)31-22(28)20(23(29)33)15-30-25(14-21(25)27)16-10-12-32(13-11-16)24(34)35-19-4-2-1-3-5-19/h6-9,15-16,19,21,30H,1-5,10-14,27H2,(H2,28,31)(H2,29,33)/b20-15+/t21-,25-/m1/s1. The van der Waals surface area contributed by atoms with Crippen LogP contribution in [-0.2, 0) is 9.53 Å². The maximum absolute atomic E-state index is 13.1. The zero-order valence-electron chi connectivity index (χ0n) is 19.9. The number of nitrogens with two attached hydrogens (primary N) is 3. The van der Waals surface area contributed by atoms with Gasteiger partial charge in [-0.3, -0.25) is 4.79 Å². The maximum Gasteiger partial charge on any atom is 0.410 e. The number of benzene rings is 1. The summed E-state index contributed by atoms with van der Waals surface area (Å²) in [7, 11) is 0. The number of ether oxygens (including phenoxy) is 1. The Morgan fingerprint density at radius 2 is 1.71 bits per heavy atom. The molecule has 1 saturated heterocycles. The van der Waals surface area contributed by atoms with Crippen LogP contribution in [0.4, 0.5) is 14.9 Å². The molecule has 0 bridgehead atoms. The van der Waals surface area contributed by atoms with Gasteiger partial charge in [0, 0.05) is 25.3 Å². The van der Waals surface area contributed by atoms with Crippen molar-refractivity contribution in [1.29, 1.82) is 0 Å². The van der Waals surface area contributed by atoms with Crippen LogP contribution in [-0.4, -0.2) is 53.5 Å². The molecule has 0 aromatic heterocycles. The van der Waals surface area contributed by atoms with E-state index >= 15 is 0 Å². The van der Waals surface area contributed by atoms with Gasteiger partial charge in [-0.25, -0.2) is 14.2 Å². The van der Waals surface area contributed by atoms with Gasteiger partial charge in [-0.15, -0.1) is 0 Å². The number of halogens is 1. The average molecular weight is 487 g/mol. The number of nitrogens with one attached hydrogen (secondary N) is 1. The molecule has 2 saturated carbocycles. The predicted molar refractivity (Wildman–Crippen MR) is 131 cm³/mol. The summed E-state index contributed by atoms with van der Waals surface area (Å²) in [5.74, 6) is -0.976. The lowest BCUT2D eigenvalue weighted by molar-refractivity contribution is -0.114. The number of piperidine rings is 1. The van der Waals surface area contributed by atoms with Crippen LogP contribution in [0, 0.1) is 11.7 Å². The van der Waals surface area contributed by atoms with E-state index in [1.54, 1.807) is 4.90 Å². The summed E-state index contributed by atoms with van der Waals surface area (Å²) < 4.78 is 18.9. The molecule has 2 atom stereocenters. The molecule has 1 heterocycles. The van der Waals surface area contributed by atoms with Gasteiger partial charge in [-0.2, -0.15) is 0 Å². The van der Waals surface area contributed by atoms with E-state index in [1.807, 2.05) is 0 Å². The summed E-state index contributed by atoms with van der Waals surface area (Å²) in [5.41, 5.74) is 17.9. The maximum atomic E-state index is 13.1. The Morgan fingerprint density at radius 3 is 2.29 bits per heavy atom. The summed E-state index contributed by atoms with van der Waals surface area (Å²) in [6.07, 6.45) is 8.94. The molecule has 3 fully saturated rings. The van der Waals surface area contributed by atoms with E-state index < -0.39 is 17.3 Å². The minimum atomic E-state index is -0.731. The number of primary amides is 1. The quantitative estimate of drug-likeness (QED) is 0.264. The molecular weight excluding hydrogens is 451 g/mol. The van der Waals surface area contributed by atoms with Crippen LogP contribution in [0.2, 0.25) is 0 Å². The van der Waals surface area contributed by atoms with Crippen LogP contribution in [0.15, 0.2) is 41.0 Å². The van der Waals surface area contributed by atoms with Gasteiger partial charge in [-0.1, -0.05) is 6.42 Å². The van der Waals surface area contributed by atoms with Crippen LogP contribution in [0.5, 0.6) is 0 Å². The van der Waals surface area contributed by atoms with Gasteiger partial charge in [-0.05, 0) is 75.1 Å². The number of hydrogen-bond acceptors (Lipinski definition) is 6. The van der Waals surface area contributed by atoms with E-state index in [-0.39, 0.29) is 35.6 Å². The highest BCUT2D eigenvalue weighted by atomic mass is 19.1. The first-order valence-electron chi connectivity index (χ1n) is 12.4. The van der Waals surface area contributed by atoms with Crippen molar-refractivity contribution in [3.05, 3.63) is 41.9 Å². The lowest BCUT2D eigenvalue weighted by Crippen LogP contribution is -2.49. The second-order valence-electron chi connectivity index (χ2n) is 9.80. The number of amides is 2. The molecular formula is C25H35FN6O3. The predicted octanol–water partition coefficient (Wildman–Crippen LogP) is 2.42. The number of amidine groups is 1. The zero-order chi connectivity index (χ0) is 25.0. The van der Waals surface area contributed by atoms with Crippen molar-refractivity contribution in [3.63, 3.8) is 0 Å².